The monoisotopic (exact) mass is 340 g/mol. The summed E-state index contributed by atoms with van der Waals surface area (Å²) in [7, 11) is 2.00. The largest absolute Gasteiger partial charge is 0.334 e. The molecule has 26 heavy (non-hydrogen) atoms. The first-order valence-corrected chi connectivity index (χ1v) is 8.45. The molecule has 0 radical (unpaired) electrons. The molecule has 0 saturated carbocycles. The van der Waals surface area contributed by atoms with Crippen molar-refractivity contribution in [3.63, 3.8) is 0 Å². The van der Waals surface area contributed by atoms with Gasteiger partial charge in [-0.25, -0.2) is 4.98 Å². The van der Waals surface area contributed by atoms with Crippen molar-refractivity contribution in [2.45, 2.75) is 6.42 Å². The molecule has 2 aromatic carbocycles. The lowest BCUT2D eigenvalue weighted by Gasteiger charge is -2.04. The van der Waals surface area contributed by atoms with E-state index >= 15 is 0 Å². The van der Waals surface area contributed by atoms with Gasteiger partial charge in [-0.3, -0.25) is 0 Å². The Morgan fingerprint density at radius 3 is 2.69 bits per heavy atom. The van der Waals surface area contributed by atoms with Gasteiger partial charge in [0.15, 0.2) is 11.5 Å². The highest BCUT2D eigenvalue weighted by atomic mass is 15.4. The molecule has 6 heteroatoms. The van der Waals surface area contributed by atoms with Crippen LogP contribution in [0.2, 0.25) is 0 Å². The molecule has 3 aromatic heterocycles. The van der Waals surface area contributed by atoms with Crippen LogP contribution in [-0.4, -0.2) is 29.4 Å². The van der Waals surface area contributed by atoms with E-state index in [0.717, 1.165) is 39.3 Å². The summed E-state index contributed by atoms with van der Waals surface area (Å²) in [6.45, 7) is 0. The van der Waals surface area contributed by atoms with E-state index in [1.807, 2.05) is 58.9 Å². The minimum absolute atomic E-state index is 0.660. The van der Waals surface area contributed by atoms with Crippen LogP contribution in [-0.2, 0) is 13.5 Å². The van der Waals surface area contributed by atoms with E-state index in [-0.39, 0.29) is 0 Å². The number of nitrogens with zero attached hydrogens (tertiary/aromatic N) is 6. The molecule has 0 fully saturated rings. The summed E-state index contributed by atoms with van der Waals surface area (Å²) in [5.41, 5.74) is 5.98. The highest BCUT2D eigenvalue weighted by molar-refractivity contribution is 5.76. The average Bonchev–Trinajstić information content (AvgIpc) is 3.26. The van der Waals surface area contributed by atoms with Crippen LogP contribution in [0.3, 0.4) is 0 Å². The Balaban J connectivity index is 1.56. The van der Waals surface area contributed by atoms with Crippen LogP contribution in [0.1, 0.15) is 11.4 Å². The van der Waals surface area contributed by atoms with Gasteiger partial charge in [0.1, 0.15) is 0 Å². The first-order chi connectivity index (χ1) is 12.8. The van der Waals surface area contributed by atoms with Crippen molar-refractivity contribution in [2.75, 3.05) is 0 Å². The summed E-state index contributed by atoms with van der Waals surface area (Å²) in [6, 6.07) is 20.3. The van der Waals surface area contributed by atoms with E-state index in [9.17, 15) is 0 Å². The number of hydrogen-bond acceptors (Lipinski definition) is 4. The Morgan fingerprint density at radius 1 is 0.923 bits per heavy atom. The molecule has 126 valence electrons. The van der Waals surface area contributed by atoms with Crippen molar-refractivity contribution in [3.05, 3.63) is 78.4 Å². The van der Waals surface area contributed by atoms with Gasteiger partial charge < -0.3 is 4.57 Å². The first kappa shape index (κ1) is 14.8. The van der Waals surface area contributed by atoms with Crippen molar-refractivity contribution < 1.29 is 0 Å². The lowest BCUT2D eigenvalue weighted by molar-refractivity contribution is 0.841. The number of aryl methyl sites for hydroxylation is 1. The van der Waals surface area contributed by atoms with Crippen molar-refractivity contribution >= 4 is 16.7 Å². The third-order valence-electron chi connectivity index (χ3n) is 4.55. The average molecular weight is 340 g/mol. The number of aromatic nitrogens is 6. The minimum atomic E-state index is 0.660. The molecule has 6 nitrogen and oxygen atoms in total. The predicted molar refractivity (Wildman–Crippen MR) is 99.7 cm³/mol. The number of benzene rings is 2. The first-order valence-electron chi connectivity index (χ1n) is 8.45. The topological polar surface area (TPSA) is 60.9 Å². The zero-order valence-corrected chi connectivity index (χ0v) is 14.2. The van der Waals surface area contributed by atoms with Crippen LogP contribution in [0, 0.1) is 0 Å². The summed E-state index contributed by atoms with van der Waals surface area (Å²) in [5.74, 6) is 0.819. The maximum absolute atomic E-state index is 4.75. The van der Waals surface area contributed by atoms with Gasteiger partial charge in [0, 0.05) is 19.0 Å². The van der Waals surface area contributed by atoms with Gasteiger partial charge >= 0.3 is 0 Å². The molecular weight excluding hydrogens is 324 g/mol. The Labute approximate surface area is 149 Å². The molecule has 0 aliphatic heterocycles. The van der Waals surface area contributed by atoms with Gasteiger partial charge in [0.25, 0.3) is 0 Å². The smallest absolute Gasteiger partial charge is 0.177 e. The Morgan fingerprint density at radius 2 is 1.81 bits per heavy atom. The molecule has 0 atom stereocenters. The van der Waals surface area contributed by atoms with E-state index in [0.29, 0.717) is 6.42 Å². The fraction of sp³-hybridized carbons (Fsp3) is 0.100. The molecule has 0 spiro atoms. The normalized spacial score (nSPS) is 11.4. The molecule has 3 heterocycles. The van der Waals surface area contributed by atoms with Crippen molar-refractivity contribution in [3.8, 4) is 11.3 Å². The van der Waals surface area contributed by atoms with E-state index in [1.54, 1.807) is 0 Å². The fourth-order valence-electron chi connectivity index (χ4n) is 3.17. The fourth-order valence-corrected chi connectivity index (χ4v) is 3.17. The third-order valence-corrected chi connectivity index (χ3v) is 4.55. The quantitative estimate of drug-likeness (QED) is 0.506. The van der Waals surface area contributed by atoms with E-state index in [1.165, 1.54) is 0 Å². The summed E-state index contributed by atoms with van der Waals surface area (Å²) >= 11 is 0. The Hall–Kier alpha value is -3.54. The molecular formula is C20H16N6. The second-order valence-corrected chi connectivity index (χ2v) is 6.33. The maximum atomic E-state index is 4.75. The number of rotatable bonds is 3. The molecule has 0 aliphatic rings. The van der Waals surface area contributed by atoms with E-state index in [2.05, 4.69) is 39.4 Å². The SMILES string of the molecule is Cn1cnc2ccc(Cc3nnc4ccc(-c5ccccc5)nn34)cc21. The molecule has 5 rings (SSSR count). The van der Waals surface area contributed by atoms with Gasteiger partial charge in [-0.1, -0.05) is 36.4 Å². The van der Waals surface area contributed by atoms with Crippen molar-refractivity contribution in [1.29, 1.82) is 0 Å². The summed E-state index contributed by atoms with van der Waals surface area (Å²) in [6.07, 6.45) is 2.49. The summed E-state index contributed by atoms with van der Waals surface area (Å²) in [5, 5.41) is 13.3. The molecule has 5 aromatic rings. The second kappa shape index (κ2) is 5.77. The lowest BCUT2D eigenvalue weighted by Crippen LogP contribution is -2.01. The molecule has 0 N–H and O–H groups in total. The molecule has 0 bridgehead atoms. The summed E-state index contributed by atoms with van der Waals surface area (Å²) in [4.78, 5) is 4.37. The Kier molecular flexibility index (Phi) is 3.28. The van der Waals surface area contributed by atoms with Gasteiger partial charge in [0.2, 0.25) is 0 Å². The third kappa shape index (κ3) is 2.43. The molecule has 0 unspecified atom stereocenters. The van der Waals surface area contributed by atoms with Gasteiger partial charge in [0.05, 0.1) is 23.1 Å². The van der Waals surface area contributed by atoms with Crippen LogP contribution >= 0.6 is 0 Å². The predicted octanol–water partition coefficient (Wildman–Crippen LogP) is 3.27. The zero-order chi connectivity index (χ0) is 17.5. The standard InChI is InChI=1S/C20H16N6/c1-25-13-21-17-8-7-14(11-18(17)25)12-20-23-22-19-10-9-16(24-26(19)20)15-5-3-2-4-6-15/h2-11,13H,12H2,1H3. The highest BCUT2D eigenvalue weighted by Gasteiger charge is 2.10. The summed E-state index contributed by atoms with van der Waals surface area (Å²) < 4.78 is 3.85. The molecule has 0 aliphatic carbocycles. The number of hydrogen-bond donors (Lipinski definition) is 0. The Bertz CT molecular complexity index is 1220. The number of imidazole rings is 1. The number of fused-ring (bicyclic) bond motifs is 2. The molecule has 0 saturated heterocycles. The van der Waals surface area contributed by atoms with Gasteiger partial charge in [-0.2, -0.15) is 9.61 Å². The molecule has 0 amide bonds. The van der Waals surface area contributed by atoms with Crippen LogP contribution in [0.25, 0.3) is 27.9 Å². The van der Waals surface area contributed by atoms with E-state index in [4.69, 9.17) is 5.10 Å². The second-order valence-electron chi connectivity index (χ2n) is 6.33. The van der Waals surface area contributed by atoms with Gasteiger partial charge in [-0.05, 0) is 29.8 Å². The van der Waals surface area contributed by atoms with Crippen LogP contribution in [0.5, 0.6) is 0 Å². The van der Waals surface area contributed by atoms with Crippen LogP contribution < -0.4 is 0 Å². The maximum Gasteiger partial charge on any atom is 0.177 e. The van der Waals surface area contributed by atoms with Crippen LogP contribution in [0.4, 0.5) is 0 Å². The van der Waals surface area contributed by atoms with E-state index < -0.39 is 0 Å². The van der Waals surface area contributed by atoms with Crippen molar-refractivity contribution in [2.24, 2.45) is 7.05 Å². The van der Waals surface area contributed by atoms with Crippen molar-refractivity contribution in [1.82, 2.24) is 29.4 Å². The lowest BCUT2D eigenvalue weighted by atomic mass is 10.1. The van der Waals surface area contributed by atoms with Gasteiger partial charge in [-0.15, -0.1) is 10.2 Å². The van der Waals surface area contributed by atoms with Crippen LogP contribution in [0.15, 0.2) is 67.0 Å². The highest BCUT2D eigenvalue weighted by Crippen LogP contribution is 2.19. The minimum Gasteiger partial charge on any atom is -0.334 e. The zero-order valence-electron chi connectivity index (χ0n) is 14.2.